The lowest BCUT2D eigenvalue weighted by atomic mass is 10.5. The van der Waals surface area contributed by atoms with Crippen LogP contribution in [0.15, 0.2) is 0 Å². The first-order valence-corrected chi connectivity index (χ1v) is 6.22. The fraction of sp³-hybridized carbons (Fsp3) is 1.00. The Morgan fingerprint density at radius 1 is 1.46 bits per heavy atom. The highest BCUT2D eigenvalue weighted by atomic mass is 31.2. The van der Waals surface area contributed by atoms with Gasteiger partial charge in [-0.1, -0.05) is 6.92 Å². The molecule has 0 radical (unpaired) electrons. The van der Waals surface area contributed by atoms with Gasteiger partial charge in [-0.3, -0.25) is 4.57 Å². The summed E-state index contributed by atoms with van der Waals surface area (Å²) in [4.78, 5) is 0. The van der Waals surface area contributed by atoms with E-state index in [1.807, 2.05) is 6.92 Å². The van der Waals surface area contributed by atoms with E-state index in [1.54, 1.807) is 13.8 Å². The van der Waals surface area contributed by atoms with Gasteiger partial charge in [-0.2, -0.15) is 0 Å². The van der Waals surface area contributed by atoms with Gasteiger partial charge in [-0.15, -0.1) is 0 Å². The zero-order valence-corrected chi connectivity index (χ0v) is 9.34. The minimum absolute atomic E-state index is 0.233. The third-order valence-electron chi connectivity index (χ3n) is 2.43. The van der Waals surface area contributed by atoms with Crippen molar-refractivity contribution in [1.29, 1.82) is 0 Å². The van der Waals surface area contributed by atoms with Gasteiger partial charge in [0.25, 0.3) is 0 Å². The Labute approximate surface area is 79.3 Å². The standard InChI is InChI=1S/C8H18NO3P/c1-4-11-13(10,12-5-2)8(9)6-7(8)3/h7H,4-6,9H2,1-3H3/t7-,8+/m1/s1. The van der Waals surface area contributed by atoms with E-state index in [2.05, 4.69) is 0 Å². The molecule has 1 aliphatic carbocycles. The molecule has 4 nitrogen and oxygen atoms in total. The molecular weight excluding hydrogens is 189 g/mol. The Hall–Kier alpha value is 0.110. The highest BCUT2D eigenvalue weighted by Crippen LogP contribution is 2.70. The van der Waals surface area contributed by atoms with Crippen LogP contribution in [0.5, 0.6) is 0 Å². The minimum atomic E-state index is -3.07. The van der Waals surface area contributed by atoms with Crippen molar-refractivity contribution in [2.24, 2.45) is 11.7 Å². The topological polar surface area (TPSA) is 61.5 Å². The summed E-state index contributed by atoms with van der Waals surface area (Å²) >= 11 is 0. The van der Waals surface area contributed by atoms with Crippen molar-refractivity contribution in [3.63, 3.8) is 0 Å². The highest BCUT2D eigenvalue weighted by Gasteiger charge is 2.63. The molecule has 0 aliphatic heterocycles. The Morgan fingerprint density at radius 3 is 2.08 bits per heavy atom. The Balaban J connectivity index is 2.73. The molecular formula is C8H18NO3P. The molecule has 1 rings (SSSR count). The molecule has 2 N–H and O–H groups in total. The van der Waals surface area contributed by atoms with Crippen LogP contribution in [0.1, 0.15) is 27.2 Å². The molecule has 0 bridgehead atoms. The lowest BCUT2D eigenvalue weighted by Gasteiger charge is -2.23. The molecule has 78 valence electrons. The second-order valence-corrected chi connectivity index (χ2v) is 5.77. The molecule has 1 saturated carbocycles. The first-order chi connectivity index (χ1) is 6.00. The Bertz CT molecular complexity index is 223. The molecule has 0 aromatic carbocycles. The average Bonchev–Trinajstić information content (AvgIpc) is 2.62. The third-order valence-corrected chi connectivity index (χ3v) is 5.27. The van der Waals surface area contributed by atoms with Gasteiger partial charge >= 0.3 is 7.60 Å². The summed E-state index contributed by atoms with van der Waals surface area (Å²) in [5.74, 6) is 0.233. The smallest absolute Gasteiger partial charge is 0.315 e. The van der Waals surface area contributed by atoms with Gasteiger partial charge in [0, 0.05) is 0 Å². The Morgan fingerprint density at radius 2 is 1.85 bits per heavy atom. The predicted molar refractivity (Wildman–Crippen MR) is 51.6 cm³/mol. The maximum absolute atomic E-state index is 12.1. The van der Waals surface area contributed by atoms with Crippen LogP contribution in [0.3, 0.4) is 0 Å². The molecule has 5 heteroatoms. The van der Waals surface area contributed by atoms with E-state index in [1.165, 1.54) is 0 Å². The van der Waals surface area contributed by atoms with Crippen LogP contribution < -0.4 is 5.73 Å². The van der Waals surface area contributed by atoms with Gasteiger partial charge < -0.3 is 14.8 Å². The van der Waals surface area contributed by atoms with E-state index >= 15 is 0 Å². The summed E-state index contributed by atoms with van der Waals surface area (Å²) in [7, 11) is -3.07. The van der Waals surface area contributed by atoms with E-state index in [4.69, 9.17) is 14.8 Å². The van der Waals surface area contributed by atoms with Crippen molar-refractivity contribution in [3.8, 4) is 0 Å². The Kier molecular flexibility index (Phi) is 3.18. The van der Waals surface area contributed by atoms with Crippen LogP contribution in [0.2, 0.25) is 0 Å². The van der Waals surface area contributed by atoms with Gasteiger partial charge in [0.2, 0.25) is 0 Å². The molecule has 13 heavy (non-hydrogen) atoms. The van der Waals surface area contributed by atoms with E-state index < -0.39 is 12.9 Å². The van der Waals surface area contributed by atoms with Gasteiger partial charge in [-0.25, -0.2) is 0 Å². The van der Waals surface area contributed by atoms with E-state index in [0.717, 1.165) is 6.42 Å². The zero-order chi connectivity index (χ0) is 10.1. The molecule has 0 spiro atoms. The maximum Gasteiger partial charge on any atom is 0.350 e. The lowest BCUT2D eigenvalue weighted by Crippen LogP contribution is -2.27. The second kappa shape index (κ2) is 3.70. The van der Waals surface area contributed by atoms with Crippen LogP contribution in [0.25, 0.3) is 0 Å². The molecule has 1 aliphatic rings. The van der Waals surface area contributed by atoms with Crippen LogP contribution in [0.4, 0.5) is 0 Å². The number of hydrogen-bond acceptors (Lipinski definition) is 4. The van der Waals surface area contributed by atoms with Crippen LogP contribution >= 0.6 is 7.60 Å². The SMILES string of the molecule is CCOP(=O)(OCC)[C@@]1(N)C[C@H]1C. The third kappa shape index (κ3) is 1.82. The van der Waals surface area contributed by atoms with Gasteiger partial charge in [0.15, 0.2) is 0 Å². The molecule has 2 atom stereocenters. The normalized spacial score (nSPS) is 33.4. The van der Waals surface area contributed by atoms with Crippen molar-refractivity contribution < 1.29 is 13.6 Å². The summed E-state index contributed by atoms with van der Waals surface area (Å²) in [5.41, 5.74) is 5.93. The molecule has 0 unspecified atom stereocenters. The van der Waals surface area contributed by atoms with Crippen LogP contribution in [-0.4, -0.2) is 18.5 Å². The first kappa shape index (κ1) is 11.2. The van der Waals surface area contributed by atoms with Crippen molar-refractivity contribution in [2.45, 2.75) is 32.5 Å². The summed E-state index contributed by atoms with van der Waals surface area (Å²) in [6, 6.07) is 0. The first-order valence-electron chi connectivity index (χ1n) is 4.68. The van der Waals surface area contributed by atoms with Crippen LogP contribution in [0, 0.1) is 5.92 Å². The van der Waals surface area contributed by atoms with Crippen molar-refractivity contribution in [2.75, 3.05) is 13.2 Å². The second-order valence-electron chi connectivity index (χ2n) is 3.43. The minimum Gasteiger partial charge on any atom is -0.315 e. The number of hydrogen-bond donors (Lipinski definition) is 1. The zero-order valence-electron chi connectivity index (χ0n) is 8.45. The molecule has 0 saturated heterocycles. The van der Waals surface area contributed by atoms with Gasteiger partial charge in [-0.05, 0) is 26.2 Å². The largest absolute Gasteiger partial charge is 0.350 e. The van der Waals surface area contributed by atoms with Crippen molar-refractivity contribution in [3.05, 3.63) is 0 Å². The van der Waals surface area contributed by atoms with Crippen molar-refractivity contribution >= 4 is 7.60 Å². The molecule has 0 heterocycles. The predicted octanol–water partition coefficient (Wildman–Crippen LogP) is 1.95. The fourth-order valence-electron chi connectivity index (χ4n) is 1.43. The number of nitrogens with two attached hydrogens (primary N) is 1. The number of rotatable bonds is 5. The van der Waals surface area contributed by atoms with E-state index in [-0.39, 0.29) is 5.92 Å². The van der Waals surface area contributed by atoms with E-state index in [0.29, 0.717) is 13.2 Å². The molecule has 0 aromatic rings. The summed E-state index contributed by atoms with van der Waals surface area (Å²) in [6.45, 7) is 6.31. The van der Waals surface area contributed by atoms with Gasteiger partial charge in [0.1, 0.15) is 5.28 Å². The highest BCUT2D eigenvalue weighted by molar-refractivity contribution is 7.56. The lowest BCUT2D eigenvalue weighted by molar-refractivity contribution is 0.208. The summed E-state index contributed by atoms with van der Waals surface area (Å²) in [6.07, 6.45) is 0.726. The fourth-order valence-corrected chi connectivity index (χ4v) is 3.70. The molecule has 1 fully saturated rings. The van der Waals surface area contributed by atoms with Crippen molar-refractivity contribution in [1.82, 2.24) is 0 Å². The van der Waals surface area contributed by atoms with E-state index in [9.17, 15) is 4.57 Å². The van der Waals surface area contributed by atoms with Gasteiger partial charge in [0.05, 0.1) is 13.2 Å². The summed E-state index contributed by atoms with van der Waals surface area (Å²) in [5, 5.41) is -0.723. The monoisotopic (exact) mass is 207 g/mol. The summed E-state index contributed by atoms with van der Waals surface area (Å²) < 4.78 is 22.5. The van der Waals surface area contributed by atoms with Crippen LogP contribution in [-0.2, 0) is 13.6 Å². The molecule has 0 aromatic heterocycles. The quantitative estimate of drug-likeness (QED) is 0.700. The molecule has 0 amide bonds. The maximum atomic E-state index is 12.1. The average molecular weight is 207 g/mol.